The highest BCUT2D eigenvalue weighted by Crippen LogP contribution is 2.38. The lowest BCUT2D eigenvalue weighted by molar-refractivity contribution is 0.138. The lowest BCUT2D eigenvalue weighted by atomic mass is 9.98. The van der Waals surface area contributed by atoms with Crippen LogP contribution >= 0.6 is 0 Å². The standard InChI is InChI=1S/C16H14F2/c17-16(18)9-8-11-5-3-7-14-13-6-2-1-4-12(13)10-15(11)14/h1-7,16H,8-10H2. The molecule has 2 aromatic carbocycles. The fraction of sp³-hybridized carbons (Fsp3) is 0.250. The van der Waals surface area contributed by atoms with Crippen molar-refractivity contribution in [3.05, 3.63) is 59.2 Å². The van der Waals surface area contributed by atoms with E-state index in [0.717, 1.165) is 12.0 Å². The predicted octanol–water partition coefficient (Wildman–Crippen LogP) is 4.46. The zero-order valence-corrected chi connectivity index (χ0v) is 10.00. The fourth-order valence-corrected chi connectivity index (χ4v) is 2.72. The minimum atomic E-state index is -2.22. The first-order valence-corrected chi connectivity index (χ1v) is 6.23. The van der Waals surface area contributed by atoms with Gasteiger partial charge in [0.1, 0.15) is 0 Å². The molecule has 0 spiro atoms. The average Bonchev–Trinajstić information content (AvgIpc) is 2.75. The molecule has 0 nitrogen and oxygen atoms in total. The van der Waals surface area contributed by atoms with Crippen molar-refractivity contribution < 1.29 is 8.78 Å². The minimum Gasteiger partial charge on any atom is -0.211 e. The number of rotatable bonds is 3. The van der Waals surface area contributed by atoms with E-state index in [4.69, 9.17) is 0 Å². The van der Waals surface area contributed by atoms with E-state index in [0.29, 0.717) is 6.42 Å². The Morgan fingerprint density at radius 3 is 2.56 bits per heavy atom. The van der Waals surface area contributed by atoms with E-state index in [9.17, 15) is 8.78 Å². The third kappa shape index (κ3) is 1.92. The fourth-order valence-electron chi connectivity index (χ4n) is 2.72. The average molecular weight is 244 g/mol. The number of benzene rings is 2. The summed E-state index contributed by atoms with van der Waals surface area (Å²) in [5.41, 5.74) is 6.09. The molecular formula is C16H14F2. The van der Waals surface area contributed by atoms with E-state index in [-0.39, 0.29) is 6.42 Å². The maximum absolute atomic E-state index is 12.3. The van der Waals surface area contributed by atoms with Crippen molar-refractivity contribution in [3.8, 4) is 11.1 Å². The quantitative estimate of drug-likeness (QED) is 0.638. The summed E-state index contributed by atoms with van der Waals surface area (Å²) in [7, 11) is 0. The molecule has 0 aliphatic heterocycles. The SMILES string of the molecule is FC(F)CCc1cccc2c1Cc1ccccc1-2. The van der Waals surface area contributed by atoms with Crippen LogP contribution in [0.1, 0.15) is 23.1 Å². The summed E-state index contributed by atoms with van der Waals surface area (Å²) >= 11 is 0. The Morgan fingerprint density at radius 1 is 0.944 bits per heavy atom. The van der Waals surface area contributed by atoms with Crippen LogP contribution in [0.25, 0.3) is 11.1 Å². The molecule has 0 unspecified atom stereocenters. The van der Waals surface area contributed by atoms with E-state index in [1.54, 1.807) is 0 Å². The second-order valence-corrected chi connectivity index (χ2v) is 4.71. The van der Waals surface area contributed by atoms with Gasteiger partial charge in [0, 0.05) is 6.42 Å². The van der Waals surface area contributed by atoms with Crippen molar-refractivity contribution in [2.45, 2.75) is 25.7 Å². The molecular weight excluding hydrogens is 230 g/mol. The van der Waals surface area contributed by atoms with Crippen LogP contribution in [0.2, 0.25) is 0 Å². The Hall–Kier alpha value is -1.70. The minimum absolute atomic E-state index is 0.0488. The molecule has 0 saturated carbocycles. The maximum atomic E-state index is 12.3. The van der Waals surface area contributed by atoms with Gasteiger partial charge in [-0.3, -0.25) is 0 Å². The van der Waals surface area contributed by atoms with Crippen molar-refractivity contribution in [2.24, 2.45) is 0 Å². The van der Waals surface area contributed by atoms with Crippen LogP contribution in [0.5, 0.6) is 0 Å². The van der Waals surface area contributed by atoms with Crippen molar-refractivity contribution in [2.75, 3.05) is 0 Å². The van der Waals surface area contributed by atoms with Crippen LogP contribution in [0.4, 0.5) is 8.78 Å². The molecule has 0 saturated heterocycles. The number of aryl methyl sites for hydroxylation is 1. The van der Waals surface area contributed by atoms with E-state index >= 15 is 0 Å². The van der Waals surface area contributed by atoms with Gasteiger partial charge < -0.3 is 0 Å². The monoisotopic (exact) mass is 244 g/mol. The summed E-state index contributed by atoms with van der Waals surface area (Å²) in [5, 5.41) is 0. The molecule has 3 rings (SSSR count). The van der Waals surface area contributed by atoms with Gasteiger partial charge in [0.2, 0.25) is 6.43 Å². The molecule has 0 aromatic heterocycles. The number of hydrogen-bond acceptors (Lipinski definition) is 0. The third-order valence-electron chi connectivity index (χ3n) is 3.58. The molecule has 0 fully saturated rings. The van der Waals surface area contributed by atoms with Crippen molar-refractivity contribution >= 4 is 0 Å². The molecule has 0 heterocycles. The second kappa shape index (κ2) is 4.52. The molecule has 1 aliphatic rings. The van der Waals surface area contributed by atoms with Crippen LogP contribution in [-0.2, 0) is 12.8 Å². The molecule has 0 atom stereocenters. The zero-order chi connectivity index (χ0) is 12.5. The van der Waals surface area contributed by atoms with Crippen LogP contribution < -0.4 is 0 Å². The van der Waals surface area contributed by atoms with Gasteiger partial charge in [0.15, 0.2) is 0 Å². The van der Waals surface area contributed by atoms with Gasteiger partial charge in [-0.05, 0) is 40.7 Å². The Labute approximate surface area is 105 Å². The van der Waals surface area contributed by atoms with Gasteiger partial charge in [-0.15, -0.1) is 0 Å². The van der Waals surface area contributed by atoms with Crippen molar-refractivity contribution in [3.63, 3.8) is 0 Å². The van der Waals surface area contributed by atoms with Gasteiger partial charge in [0.05, 0.1) is 0 Å². The van der Waals surface area contributed by atoms with Gasteiger partial charge in [0.25, 0.3) is 0 Å². The number of hydrogen-bond donors (Lipinski definition) is 0. The molecule has 2 aromatic rings. The molecule has 92 valence electrons. The lowest BCUT2D eigenvalue weighted by Crippen LogP contribution is -1.98. The summed E-state index contributed by atoms with van der Waals surface area (Å²) in [6.07, 6.45) is -0.920. The van der Waals surface area contributed by atoms with Crippen LogP contribution in [0.3, 0.4) is 0 Å². The normalized spacial score (nSPS) is 12.6. The van der Waals surface area contributed by atoms with Crippen molar-refractivity contribution in [1.82, 2.24) is 0 Å². The third-order valence-corrected chi connectivity index (χ3v) is 3.58. The lowest BCUT2D eigenvalue weighted by Gasteiger charge is -2.08. The van der Waals surface area contributed by atoms with E-state index in [1.807, 2.05) is 24.3 Å². The van der Waals surface area contributed by atoms with E-state index in [1.165, 1.54) is 22.3 Å². The molecule has 1 aliphatic carbocycles. The maximum Gasteiger partial charge on any atom is 0.239 e. The van der Waals surface area contributed by atoms with Crippen molar-refractivity contribution in [1.29, 1.82) is 0 Å². The Kier molecular flexibility index (Phi) is 2.86. The van der Waals surface area contributed by atoms with Crippen LogP contribution in [0, 0.1) is 0 Å². The summed E-state index contributed by atoms with van der Waals surface area (Å²) in [6, 6.07) is 14.3. The van der Waals surface area contributed by atoms with Gasteiger partial charge in [-0.1, -0.05) is 42.5 Å². The molecule has 0 amide bonds. The first-order valence-electron chi connectivity index (χ1n) is 6.23. The summed E-state index contributed by atoms with van der Waals surface area (Å²) in [6.45, 7) is 0. The Bertz CT molecular complexity index is 573. The largest absolute Gasteiger partial charge is 0.239 e. The highest BCUT2D eigenvalue weighted by molar-refractivity contribution is 5.77. The number of halogens is 2. The molecule has 0 bridgehead atoms. The van der Waals surface area contributed by atoms with Crippen LogP contribution in [0.15, 0.2) is 42.5 Å². The first kappa shape index (κ1) is 11.4. The van der Waals surface area contributed by atoms with E-state index < -0.39 is 6.43 Å². The second-order valence-electron chi connectivity index (χ2n) is 4.71. The molecule has 0 radical (unpaired) electrons. The van der Waals surface area contributed by atoms with Crippen LogP contribution in [-0.4, -0.2) is 6.43 Å². The Morgan fingerprint density at radius 2 is 1.72 bits per heavy atom. The molecule has 2 heteroatoms. The number of fused-ring (bicyclic) bond motifs is 3. The summed E-state index contributed by atoms with van der Waals surface area (Å²) in [4.78, 5) is 0. The van der Waals surface area contributed by atoms with Gasteiger partial charge in [-0.2, -0.15) is 0 Å². The van der Waals surface area contributed by atoms with E-state index in [2.05, 4.69) is 18.2 Å². The molecule has 18 heavy (non-hydrogen) atoms. The van der Waals surface area contributed by atoms with Gasteiger partial charge in [-0.25, -0.2) is 8.78 Å². The summed E-state index contributed by atoms with van der Waals surface area (Å²) < 4.78 is 24.7. The molecule has 0 N–H and O–H groups in total. The first-order chi connectivity index (χ1) is 8.75. The predicted molar refractivity (Wildman–Crippen MR) is 69.0 cm³/mol. The smallest absolute Gasteiger partial charge is 0.211 e. The van der Waals surface area contributed by atoms with Gasteiger partial charge >= 0.3 is 0 Å². The Balaban J connectivity index is 1.98. The highest BCUT2D eigenvalue weighted by atomic mass is 19.3. The highest BCUT2D eigenvalue weighted by Gasteiger charge is 2.20. The topological polar surface area (TPSA) is 0 Å². The zero-order valence-electron chi connectivity index (χ0n) is 10.00. The summed E-state index contributed by atoms with van der Waals surface area (Å²) in [5.74, 6) is 0. The number of alkyl halides is 2.